The molecule has 3 aromatic rings. The van der Waals surface area contributed by atoms with Gasteiger partial charge in [-0.2, -0.15) is 0 Å². The fourth-order valence-corrected chi connectivity index (χ4v) is 2.89. The topological polar surface area (TPSA) is 85.4 Å². The number of nitrogens with zero attached hydrogens (tertiary/aromatic N) is 1. The summed E-state index contributed by atoms with van der Waals surface area (Å²) in [6.45, 7) is 0. The lowest BCUT2D eigenvalue weighted by atomic mass is 10.0. The summed E-state index contributed by atoms with van der Waals surface area (Å²) in [5.74, 6) is 0.212. The number of carbonyl (C=O) groups excluding carboxylic acids is 1. The summed E-state index contributed by atoms with van der Waals surface area (Å²) in [6, 6.07) is 15.2. The lowest BCUT2D eigenvalue weighted by molar-refractivity contribution is -0.380. The number of furan rings is 1. The highest BCUT2D eigenvalue weighted by Gasteiger charge is 2.22. The Bertz CT molecular complexity index is 812. The minimum absolute atomic E-state index is 0.0654. The van der Waals surface area contributed by atoms with Gasteiger partial charge in [0.25, 0.3) is 5.91 Å². The lowest BCUT2D eigenvalue weighted by Gasteiger charge is -2.16. The van der Waals surface area contributed by atoms with E-state index in [2.05, 4.69) is 5.32 Å². The summed E-state index contributed by atoms with van der Waals surface area (Å²) in [6.07, 6.45) is 1.54. The van der Waals surface area contributed by atoms with Crippen LogP contribution in [0.3, 0.4) is 0 Å². The Morgan fingerprint density at radius 3 is 2.52 bits per heavy atom. The number of carbonyl (C=O) groups is 1. The van der Waals surface area contributed by atoms with Crippen molar-refractivity contribution in [3.63, 3.8) is 0 Å². The SMILES string of the molecule is O=C(NC(c1ccccc1)c1ccco1)c1ccc([N+](=O)[O-])s1. The van der Waals surface area contributed by atoms with Gasteiger partial charge in [-0.3, -0.25) is 14.9 Å². The van der Waals surface area contributed by atoms with Gasteiger partial charge in [0.15, 0.2) is 0 Å². The molecule has 2 heterocycles. The van der Waals surface area contributed by atoms with Crippen molar-refractivity contribution in [2.75, 3.05) is 0 Å². The van der Waals surface area contributed by atoms with Crippen molar-refractivity contribution in [1.29, 1.82) is 0 Å². The van der Waals surface area contributed by atoms with Crippen LogP contribution in [0.4, 0.5) is 5.00 Å². The fraction of sp³-hybridized carbons (Fsp3) is 0.0625. The molecule has 0 aliphatic rings. The molecule has 6 nitrogen and oxygen atoms in total. The zero-order valence-electron chi connectivity index (χ0n) is 11.8. The second-order valence-corrected chi connectivity index (χ2v) is 5.79. The molecule has 0 aliphatic carbocycles. The molecule has 116 valence electrons. The van der Waals surface area contributed by atoms with Gasteiger partial charge in [0.1, 0.15) is 11.8 Å². The monoisotopic (exact) mass is 328 g/mol. The largest absolute Gasteiger partial charge is 0.467 e. The van der Waals surface area contributed by atoms with E-state index in [-0.39, 0.29) is 15.8 Å². The Hall–Kier alpha value is -2.93. The molecule has 0 fully saturated rings. The van der Waals surface area contributed by atoms with Gasteiger partial charge in [-0.1, -0.05) is 41.7 Å². The first-order valence-corrected chi connectivity index (χ1v) is 7.60. The van der Waals surface area contributed by atoms with E-state index in [1.807, 2.05) is 30.3 Å². The molecule has 1 aromatic carbocycles. The van der Waals surface area contributed by atoms with Crippen LogP contribution in [0.25, 0.3) is 0 Å². The zero-order valence-corrected chi connectivity index (χ0v) is 12.7. The van der Waals surface area contributed by atoms with E-state index in [1.165, 1.54) is 18.4 Å². The van der Waals surface area contributed by atoms with Crippen LogP contribution in [0.1, 0.15) is 27.0 Å². The van der Waals surface area contributed by atoms with Crippen LogP contribution in [-0.2, 0) is 0 Å². The number of hydrogen-bond donors (Lipinski definition) is 1. The molecule has 0 saturated heterocycles. The summed E-state index contributed by atoms with van der Waals surface area (Å²) in [4.78, 5) is 22.9. The van der Waals surface area contributed by atoms with E-state index in [0.29, 0.717) is 5.76 Å². The number of thiophene rings is 1. The van der Waals surface area contributed by atoms with Gasteiger partial charge < -0.3 is 9.73 Å². The number of amides is 1. The van der Waals surface area contributed by atoms with Crippen LogP contribution in [-0.4, -0.2) is 10.8 Å². The molecule has 0 aliphatic heterocycles. The normalized spacial score (nSPS) is 11.8. The van der Waals surface area contributed by atoms with Crippen molar-refractivity contribution >= 4 is 22.2 Å². The minimum atomic E-state index is -0.511. The van der Waals surface area contributed by atoms with Crippen LogP contribution in [0.2, 0.25) is 0 Å². The van der Waals surface area contributed by atoms with Crippen molar-refractivity contribution in [1.82, 2.24) is 5.32 Å². The third-order valence-corrected chi connectivity index (χ3v) is 4.27. The molecule has 1 N–H and O–H groups in total. The molecule has 7 heteroatoms. The third kappa shape index (κ3) is 3.29. The lowest BCUT2D eigenvalue weighted by Crippen LogP contribution is -2.28. The molecular weight excluding hydrogens is 316 g/mol. The molecule has 0 bridgehead atoms. The standard InChI is InChI=1S/C16H12N2O4S/c19-16(13-8-9-14(23-13)18(20)21)17-15(12-7-4-10-22-12)11-5-2-1-3-6-11/h1-10,15H,(H,17,19). The number of nitro groups is 1. The minimum Gasteiger partial charge on any atom is -0.467 e. The molecule has 0 saturated carbocycles. The maximum atomic E-state index is 12.4. The van der Waals surface area contributed by atoms with E-state index in [9.17, 15) is 14.9 Å². The highest BCUT2D eigenvalue weighted by Crippen LogP contribution is 2.26. The van der Waals surface area contributed by atoms with E-state index >= 15 is 0 Å². The molecule has 1 amide bonds. The molecule has 1 unspecified atom stereocenters. The smallest absolute Gasteiger partial charge is 0.324 e. The van der Waals surface area contributed by atoms with Crippen molar-refractivity contribution in [3.05, 3.63) is 87.2 Å². The Labute approximate surface area is 135 Å². The van der Waals surface area contributed by atoms with Crippen molar-refractivity contribution in [3.8, 4) is 0 Å². The summed E-state index contributed by atoms with van der Waals surface area (Å²) < 4.78 is 5.41. The zero-order chi connectivity index (χ0) is 16.2. The Morgan fingerprint density at radius 2 is 1.91 bits per heavy atom. The summed E-state index contributed by atoms with van der Waals surface area (Å²) in [5, 5.41) is 13.5. The van der Waals surface area contributed by atoms with Gasteiger partial charge >= 0.3 is 5.00 Å². The molecule has 0 spiro atoms. The van der Waals surface area contributed by atoms with E-state index < -0.39 is 11.0 Å². The number of rotatable bonds is 5. The number of nitrogens with one attached hydrogen (secondary N) is 1. The predicted octanol–water partition coefficient (Wildman–Crippen LogP) is 3.77. The quantitative estimate of drug-likeness (QED) is 0.570. The molecular formula is C16H12N2O4S. The first-order chi connectivity index (χ1) is 11.1. The first kappa shape index (κ1) is 15.0. The van der Waals surface area contributed by atoms with Crippen LogP contribution in [0.5, 0.6) is 0 Å². The van der Waals surface area contributed by atoms with Gasteiger partial charge in [-0.25, -0.2) is 0 Å². The van der Waals surface area contributed by atoms with E-state index in [1.54, 1.807) is 12.1 Å². The molecule has 3 rings (SSSR count). The first-order valence-electron chi connectivity index (χ1n) is 6.78. The second-order valence-electron chi connectivity index (χ2n) is 4.73. The van der Waals surface area contributed by atoms with Crippen LogP contribution < -0.4 is 5.32 Å². The Morgan fingerprint density at radius 1 is 1.13 bits per heavy atom. The second kappa shape index (κ2) is 6.45. The highest BCUT2D eigenvalue weighted by atomic mass is 32.1. The van der Waals surface area contributed by atoms with Gasteiger partial charge in [-0.05, 0) is 23.8 Å². The molecule has 2 aromatic heterocycles. The fourth-order valence-electron chi connectivity index (χ4n) is 2.17. The van der Waals surface area contributed by atoms with Crippen LogP contribution >= 0.6 is 11.3 Å². The van der Waals surface area contributed by atoms with Gasteiger partial charge in [-0.15, -0.1) is 0 Å². The molecule has 23 heavy (non-hydrogen) atoms. The Kier molecular flexibility index (Phi) is 4.20. The molecule has 0 radical (unpaired) electrons. The van der Waals surface area contributed by atoms with Crippen molar-refractivity contribution in [2.45, 2.75) is 6.04 Å². The van der Waals surface area contributed by atoms with E-state index in [0.717, 1.165) is 16.9 Å². The van der Waals surface area contributed by atoms with Crippen molar-refractivity contribution < 1.29 is 14.1 Å². The van der Waals surface area contributed by atoms with Gasteiger partial charge in [0.05, 0.1) is 16.1 Å². The highest BCUT2D eigenvalue weighted by molar-refractivity contribution is 7.17. The third-order valence-electron chi connectivity index (χ3n) is 3.23. The Balaban J connectivity index is 1.86. The predicted molar refractivity (Wildman–Crippen MR) is 85.4 cm³/mol. The maximum absolute atomic E-state index is 12.4. The van der Waals surface area contributed by atoms with Gasteiger partial charge in [0, 0.05) is 6.07 Å². The average molecular weight is 328 g/mol. The maximum Gasteiger partial charge on any atom is 0.324 e. The summed E-state index contributed by atoms with van der Waals surface area (Å²) >= 11 is 0.842. The number of hydrogen-bond acceptors (Lipinski definition) is 5. The summed E-state index contributed by atoms with van der Waals surface area (Å²) in [7, 11) is 0. The molecule has 1 atom stereocenters. The van der Waals surface area contributed by atoms with Gasteiger partial charge in [0.2, 0.25) is 0 Å². The van der Waals surface area contributed by atoms with Crippen LogP contribution in [0.15, 0.2) is 65.3 Å². The van der Waals surface area contributed by atoms with Crippen LogP contribution in [0, 0.1) is 10.1 Å². The van der Waals surface area contributed by atoms with Crippen molar-refractivity contribution in [2.24, 2.45) is 0 Å². The number of benzene rings is 1. The van der Waals surface area contributed by atoms with E-state index in [4.69, 9.17) is 4.42 Å². The average Bonchev–Trinajstić information content (AvgIpc) is 3.24. The summed E-state index contributed by atoms with van der Waals surface area (Å²) in [5.41, 5.74) is 0.863.